The van der Waals surface area contributed by atoms with Gasteiger partial charge in [0.05, 0.1) is 7.11 Å². The average molecular weight is 328 g/mol. The highest BCUT2D eigenvalue weighted by Crippen LogP contribution is 2.24. The van der Waals surface area contributed by atoms with Gasteiger partial charge in [-0.05, 0) is 37.6 Å². The van der Waals surface area contributed by atoms with Crippen molar-refractivity contribution in [3.8, 4) is 5.75 Å². The van der Waals surface area contributed by atoms with E-state index in [9.17, 15) is 9.59 Å². The first-order valence-electron chi connectivity index (χ1n) is 7.33. The topological polar surface area (TPSA) is 78.9 Å². The molecule has 0 unspecified atom stereocenters. The predicted octanol–water partition coefficient (Wildman–Crippen LogP) is 3.37. The summed E-state index contributed by atoms with van der Waals surface area (Å²) in [6.45, 7) is 3.81. The number of ether oxygens (including phenoxy) is 2. The fraction of sp³-hybridized carbons (Fsp3) is 0.222. The summed E-state index contributed by atoms with van der Waals surface area (Å²) < 4.78 is 20.9. The highest BCUT2D eigenvalue weighted by molar-refractivity contribution is 5.86. The molecule has 0 aliphatic rings. The number of fused-ring (bicyclic) bond motifs is 1. The van der Waals surface area contributed by atoms with Crippen LogP contribution in [0.5, 0.6) is 5.75 Å². The van der Waals surface area contributed by atoms with Gasteiger partial charge in [-0.1, -0.05) is 0 Å². The lowest BCUT2D eigenvalue weighted by Crippen LogP contribution is -2.00. The summed E-state index contributed by atoms with van der Waals surface area (Å²) in [4.78, 5) is 22.9. The number of carbonyl (C=O) groups is 1. The van der Waals surface area contributed by atoms with E-state index in [1.807, 2.05) is 13.0 Å². The number of furan rings is 1. The predicted molar refractivity (Wildman–Crippen MR) is 86.3 cm³/mol. The van der Waals surface area contributed by atoms with Gasteiger partial charge in [0.2, 0.25) is 5.76 Å². The van der Waals surface area contributed by atoms with Gasteiger partial charge in [0.25, 0.3) is 0 Å². The highest BCUT2D eigenvalue weighted by Gasteiger charge is 2.15. The first-order chi connectivity index (χ1) is 11.5. The molecule has 0 saturated carbocycles. The van der Waals surface area contributed by atoms with E-state index in [0.29, 0.717) is 17.1 Å². The van der Waals surface area contributed by atoms with Crippen LogP contribution < -0.4 is 10.4 Å². The van der Waals surface area contributed by atoms with E-state index >= 15 is 0 Å². The Kier molecular flexibility index (Phi) is 4.12. The van der Waals surface area contributed by atoms with Crippen molar-refractivity contribution in [1.29, 1.82) is 0 Å². The molecular formula is C18H16O6. The lowest BCUT2D eigenvalue weighted by molar-refractivity contribution is 0.0563. The van der Waals surface area contributed by atoms with Crippen LogP contribution in [0.2, 0.25) is 0 Å². The van der Waals surface area contributed by atoms with Crippen LogP contribution in [-0.4, -0.2) is 13.1 Å². The molecule has 0 atom stereocenters. The second-order valence-electron chi connectivity index (χ2n) is 5.38. The number of hydrogen-bond donors (Lipinski definition) is 0. The van der Waals surface area contributed by atoms with Crippen molar-refractivity contribution < 1.29 is 23.1 Å². The van der Waals surface area contributed by atoms with Gasteiger partial charge in [-0.15, -0.1) is 0 Å². The van der Waals surface area contributed by atoms with Gasteiger partial charge in [-0.2, -0.15) is 0 Å². The molecule has 3 rings (SSSR count). The Morgan fingerprint density at radius 1 is 1.12 bits per heavy atom. The molecule has 0 radical (unpaired) electrons. The molecule has 124 valence electrons. The zero-order valence-electron chi connectivity index (χ0n) is 13.5. The van der Waals surface area contributed by atoms with E-state index in [-0.39, 0.29) is 12.4 Å². The Labute approximate surface area is 137 Å². The fourth-order valence-corrected chi connectivity index (χ4v) is 2.42. The molecule has 0 aliphatic carbocycles. The number of esters is 1. The van der Waals surface area contributed by atoms with Gasteiger partial charge in [-0.3, -0.25) is 0 Å². The third kappa shape index (κ3) is 3.03. The summed E-state index contributed by atoms with van der Waals surface area (Å²) in [5, 5.41) is 0.856. The Morgan fingerprint density at radius 2 is 1.92 bits per heavy atom. The Balaban J connectivity index is 1.82. The summed E-state index contributed by atoms with van der Waals surface area (Å²) in [5.74, 6) is 0.732. The van der Waals surface area contributed by atoms with E-state index in [4.69, 9.17) is 13.6 Å². The third-order valence-corrected chi connectivity index (χ3v) is 3.72. The van der Waals surface area contributed by atoms with E-state index in [1.165, 1.54) is 13.2 Å². The van der Waals surface area contributed by atoms with Crippen molar-refractivity contribution in [1.82, 2.24) is 0 Å². The lowest BCUT2D eigenvalue weighted by atomic mass is 10.1. The second-order valence-corrected chi connectivity index (χ2v) is 5.38. The zero-order chi connectivity index (χ0) is 17.3. The molecule has 0 N–H and O–H groups in total. The highest BCUT2D eigenvalue weighted by atomic mass is 16.5. The van der Waals surface area contributed by atoms with Gasteiger partial charge in [0, 0.05) is 23.1 Å². The van der Waals surface area contributed by atoms with Crippen LogP contribution in [0, 0.1) is 13.8 Å². The molecule has 0 bridgehead atoms. The molecule has 3 aromatic rings. The van der Waals surface area contributed by atoms with Crippen molar-refractivity contribution >= 4 is 16.9 Å². The smallest absolute Gasteiger partial charge is 0.373 e. The minimum absolute atomic E-state index is 0.133. The van der Waals surface area contributed by atoms with Crippen LogP contribution in [0.15, 0.2) is 44.0 Å². The molecule has 0 fully saturated rings. The van der Waals surface area contributed by atoms with Crippen LogP contribution in [0.3, 0.4) is 0 Å². The molecular weight excluding hydrogens is 312 g/mol. The van der Waals surface area contributed by atoms with Gasteiger partial charge < -0.3 is 18.3 Å². The SMILES string of the molecule is COC(=O)c1cc(COc2ccc3c(C)cc(=O)oc3c2)c(C)o1. The van der Waals surface area contributed by atoms with Gasteiger partial charge in [-0.25, -0.2) is 9.59 Å². The van der Waals surface area contributed by atoms with Crippen LogP contribution >= 0.6 is 0 Å². The van der Waals surface area contributed by atoms with E-state index in [2.05, 4.69) is 4.74 Å². The Morgan fingerprint density at radius 3 is 2.67 bits per heavy atom. The number of carbonyl (C=O) groups excluding carboxylic acids is 1. The molecule has 1 aromatic carbocycles. The van der Waals surface area contributed by atoms with Crippen molar-refractivity contribution in [2.24, 2.45) is 0 Å². The molecule has 6 nitrogen and oxygen atoms in total. The Bertz CT molecular complexity index is 963. The number of rotatable bonds is 4. The molecule has 6 heteroatoms. The number of aryl methyl sites for hydroxylation is 2. The number of hydrogen-bond acceptors (Lipinski definition) is 6. The summed E-state index contributed by atoms with van der Waals surface area (Å²) in [5.41, 5.74) is 1.66. The quantitative estimate of drug-likeness (QED) is 0.540. The molecule has 0 aliphatic heterocycles. The number of benzene rings is 1. The molecule has 0 amide bonds. The maximum atomic E-state index is 11.5. The van der Waals surface area contributed by atoms with Crippen LogP contribution in [0.1, 0.15) is 27.4 Å². The van der Waals surface area contributed by atoms with Crippen molar-refractivity contribution in [2.75, 3.05) is 7.11 Å². The van der Waals surface area contributed by atoms with E-state index in [1.54, 1.807) is 25.1 Å². The maximum Gasteiger partial charge on any atom is 0.373 e. The Hall–Kier alpha value is -3.02. The third-order valence-electron chi connectivity index (χ3n) is 3.72. The monoisotopic (exact) mass is 328 g/mol. The van der Waals surface area contributed by atoms with Crippen molar-refractivity contribution in [3.63, 3.8) is 0 Å². The molecule has 2 aromatic heterocycles. The van der Waals surface area contributed by atoms with E-state index in [0.717, 1.165) is 16.5 Å². The summed E-state index contributed by atoms with van der Waals surface area (Å²) in [6.07, 6.45) is 0. The zero-order valence-corrected chi connectivity index (χ0v) is 13.5. The average Bonchev–Trinajstić information content (AvgIpc) is 2.92. The fourth-order valence-electron chi connectivity index (χ4n) is 2.42. The largest absolute Gasteiger partial charge is 0.489 e. The minimum atomic E-state index is -0.535. The molecule has 24 heavy (non-hydrogen) atoms. The van der Waals surface area contributed by atoms with Crippen LogP contribution in [-0.2, 0) is 11.3 Å². The van der Waals surface area contributed by atoms with Gasteiger partial charge in [0.1, 0.15) is 23.7 Å². The van der Waals surface area contributed by atoms with Crippen LogP contribution in [0.4, 0.5) is 0 Å². The lowest BCUT2D eigenvalue weighted by Gasteiger charge is -2.07. The standard InChI is InChI=1S/C18H16O6/c1-10-6-17(19)24-15-8-13(4-5-14(10)15)22-9-12-7-16(18(20)21-3)23-11(12)2/h4-8H,9H2,1-3H3. The van der Waals surface area contributed by atoms with Crippen molar-refractivity contribution in [2.45, 2.75) is 20.5 Å². The molecule has 0 spiro atoms. The second kappa shape index (κ2) is 6.23. The number of methoxy groups -OCH3 is 1. The summed E-state index contributed by atoms with van der Waals surface area (Å²) >= 11 is 0. The summed E-state index contributed by atoms with van der Waals surface area (Å²) in [6, 6.07) is 8.34. The first kappa shape index (κ1) is 15.9. The van der Waals surface area contributed by atoms with Gasteiger partial charge >= 0.3 is 11.6 Å². The normalized spacial score (nSPS) is 10.8. The van der Waals surface area contributed by atoms with E-state index < -0.39 is 11.6 Å². The van der Waals surface area contributed by atoms with Crippen LogP contribution in [0.25, 0.3) is 11.0 Å². The maximum absolute atomic E-state index is 11.5. The summed E-state index contributed by atoms with van der Waals surface area (Å²) in [7, 11) is 1.29. The molecule has 2 heterocycles. The van der Waals surface area contributed by atoms with Crippen molar-refractivity contribution in [3.05, 3.63) is 63.4 Å². The molecule has 0 saturated heterocycles. The minimum Gasteiger partial charge on any atom is -0.489 e. The first-order valence-corrected chi connectivity index (χ1v) is 7.33. The van der Waals surface area contributed by atoms with Gasteiger partial charge in [0.15, 0.2) is 0 Å².